The van der Waals surface area contributed by atoms with Gasteiger partial charge in [-0.3, -0.25) is 4.79 Å². The van der Waals surface area contributed by atoms with Crippen LogP contribution in [0.4, 0.5) is 18.9 Å². The average Bonchev–Trinajstić information content (AvgIpc) is 2.32. The van der Waals surface area contributed by atoms with E-state index in [4.69, 9.17) is 0 Å². The summed E-state index contributed by atoms with van der Waals surface area (Å²) in [5.41, 5.74) is -0.242. The largest absolute Gasteiger partial charge is 0.374 e. The van der Waals surface area contributed by atoms with Crippen LogP contribution >= 0.6 is 0 Å². The lowest BCUT2D eigenvalue weighted by Gasteiger charge is -2.10. The molecule has 1 rings (SSSR count). The Morgan fingerprint density at radius 1 is 1.22 bits per heavy atom. The van der Waals surface area contributed by atoms with E-state index in [1.54, 1.807) is 0 Å². The van der Waals surface area contributed by atoms with Crippen LogP contribution in [0.15, 0.2) is 12.1 Å². The van der Waals surface area contributed by atoms with Crippen molar-refractivity contribution in [3.63, 3.8) is 0 Å². The normalized spacial score (nSPS) is 10.6. The van der Waals surface area contributed by atoms with Crippen LogP contribution < -0.4 is 10.6 Å². The van der Waals surface area contributed by atoms with E-state index in [0.29, 0.717) is 12.5 Å². The topological polar surface area (TPSA) is 41.1 Å². The number of halogens is 3. The van der Waals surface area contributed by atoms with Crippen LogP contribution in [0.25, 0.3) is 0 Å². The zero-order valence-corrected chi connectivity index (χ0v) is 10.2. The van der Waals surface area contributed by atoms with Gasteiger partial charge >= 0.3 is 0 Å². The van der Waals surface area contributed by atoms with Gasteiger partial charge in [0.05, 0.1) is 12.2 Å². The summed E-state index contributed by atoms with van der Waals surface area (Å²) in [6.07, 6.45) is 0. The fraction of sp³-hybridized carbons (Fsp3) is 0.417. The monoisotopic (exact) mass is 260 g/mol. The van der Waals surface area contributed by atoms with Gasteiger partial charge in [-0.2, -0.15) is 0 Å². The standard InChI is InChI=1S/C12H15F3N2O/c1-7(2)5-17-10(18)6-16-9-4-3-8(13)11(14)12(9)15/h3-4,7,16H,5-6H2,1-2H3,(H,17,18). The molecule has 0 radical (unpaired) electrons. The van der Waals surface area contributed by atoms with Crippen LogP contribution in [0, 0.1) is 23.4 Å². The first kappa shape index (κ1) is 14.3. The number of amides is 1. The van der Waals surface area contributed by atoms with E-state index in [0.717, 1.165) is 12.1 Å². The SMILES string of the molecule is CC(C)CNC(=O)CNc1ccc(F)c(F)c1F. The number of carbonyl (C=O) groups is 1. The summed E-state index contributed by atoms with van der Waals surface area (Å²) in [7, 11) is 0. The molecule has 0 saturated heterocycles. The highest BCUT2D eigenvalue weighted by molar-refractivity contribution is 5.80. The van der Waals surface area contributed by atoms with E-state index in [-0.39, 0.29) is 18.1 Å². The molecule has 1 amide bonds. The van der Waals surface area contributed by atoms with E-state index in [1.165, 1.54) is 0 Å². The number of benzene rings is 1. The molecule has 0 aliphatic heterocycles. The Balaban J connectivity index is 2.54. The van der Waals surface area contributed by atoms with Gasteiger partial charge < -0.3 is 10.6 Å². The Morgan fingerprint density at radius 3 is 2.50 bits per heavy atom. The summed E-state index contributed by atoms with van der Waals surface area (Å²) in [4.78, 5) is 11.3. The lowest BCUT2D eigenvalue weighted by molar-refractivity contribution is -0.119. The number of nitrogens with one attached hydrogen (secondary N) is 2. The van der Waals surface area contributed by atoms with Gasteiger partial charge in [-0.1, -0.05) is 13.8 Å². The Hall–Kier alpha value is -1.72. The van der Waals surface area contributed by atoms with Crippen LogP contribution in [0.5, 0.6) is 0 Å². The highest BCUT2D eigenvalue weighted by Crippen LogP contribution is 2.19. The van der Waals surface area contributed by atoms with Gasteiger partial charge in [-0.05, 0) is 18.1 Å². The van der Waals surface area contributed by atoms with Crippen molar-refractivity contribution in [3.05, 3.63) is 29.6 Å². The fourth-order valence-corrected chi connectivity index (χ4v) is 1.22. The number of hydrogen-bond donors (Lipinski definition) is 2. The summed E-state index contributed by atoms with van der Waals surface area (Å²) < 4.78 is 38.7. The first-order valence-corrected chi connectivity index (χ1v) is 5.56. The minimum Gasteiger partial charge on any atom is -0.374 e. The van der Waals surface area contributed by atoms with Gasteiger partial charge in [-0.15, -0.1) is 0 Å². The molecule has 0 aliphatic carbocycles. The third-order valence-corrected chi connectivity index (χ3v) is 2.18. The van der Waals surface area contributed by atoms with E-state index in [9.17, 15) is 18.0 Å². The molecule has 1 aromatic rings. The minimum atomic E-state index is -1.55. The number of anilines is 1. The zero-order chi connectivity index (χ0) is 13.7. The van der Waals surface area contributed by atoms with Crippen molar-refractivity contribution in [1.29, 1.82) is 0 Å². The maximum absolute atomic E-state index is 13.2. The van der Waals surface area contributed by atoms with Crippen LogP contribution in [-0.4, -0.2) is 19.0 Å². The summed E-state index contributed by atoms with van der Waals surface area (Å²) in [6.45, 7) is 4.17. The quantitative estimate of drug-likeness (QED) is 0.797. The molecule has 6 heteroatoms. The third kappa shape index (κ3) is 3.94. The molecular formula is C12H15F3N2O. The lowest BCUT2D eigenvalue weighted by Crippen LogP contribution is -2.32. The second-order valence-corrected chi connectivity index (χ2v) is 4.27. The molecule has 3 nitrogen and oxygen atoms in total. The predicted octanol–water partition coefficient (Wildman–Crippen LogP) is 2.29. The first-order valence-electron chi connectivity index (χ1n) is 5.56. The van der Waals surface area contributed by atoms with Gasteiger partial charge in [0.2, 0.25) is 5.91 Å². The second kappa shape index (κ2) is 6.28. The van der Waals surface area contributed by atoms with E-state index in [2.05, 4.69) is 10.6 Å². The minimum absolute atomic E-state index is 0.200. The van der Waals surface area contributed by atoms with Gasteiger partial charge in [0.1, 0.15) is 0 Å². The van der Waals surface area contributed by atoms with E-state index >= 15 is 0 Å². The van der Waals surface area contributed by atoms with Crippen molar-refractivity contribution in [1.82, 2.24) is 5.32 Å². The maximum Gasteiger partial charge on any atom is 0.239 e. The second-order valence-electron chi connectivity index (χ2n) is 4.27. The van der Waals surface area contributed by atoms with Crippen molar-refractivity contribution in [2.24, 2.45) is 5.92 Å². The van der Waals surface area contributed by atoms with Crippen molar-refractivity contribution in [2.75, 3.05) is 18.4 Å². The zero-order valence-electron chi connectivity index (χ0n) is 10.2. The Labute approximate surface area is 103 Å². The van der Waals surface area contributed by atoms with Gasteiger partial charge in [-0.25, -0.2) is 13.2 Å². The predicted molar refractivity (Wildman–Crippen MR) is 62.7 cm³/mol. The third-order valence-electron chi connectivity index (χ3n) is 2.18. The molecule has 0 atom stereocenters. The Morgan fingerprint density at radius 2 is 1.89 bits per heavy atom. The summed E-state index contributed by atoms with van der Waals surface area (Å²) in [5.74, 6) is -4.18. The molecule has 0 unspecified atom stereocenters. The van der Waals surface area contributed by atoms with Crippen molar-refractivity contribution in [2.45, 2.75) is 13.8 Å². The van der Waals surface area contributed by atoms with Crippen molar-refractivity contribution >= 4 is 11.6 Å². The van der Waals surface area contributed by atoms with Crippen LogP contribution in [0.3, 0.4) is 0 Å². The smallest absolute Gasteiger partial charge is 0.239 e. The van der Waals surface area contributed by atoms with Gasteiger partial charge in [0, 0.05) is 6.54 Å². The molecule has 18 heavy (non-hydrogen) atoms. The van der Waals surface area contributed by atoms with Crippen molar-refractivity contribution in [3.8, 4) is 0 Å². The lowest BCUT2D eigenvalue weighted by atomic mass is 10.2. The first-order chi connectivity index (χ1) is 8.41. The molecule has 1 aromatic carbocycles. The molecule has 0 aromatic heterocycles. The van der Waals surface area contributed by atoms with E-state index < -0.39 is 17.5 Å². The fourth-order valence-electron chi connectivity index (χ4n) is 1.22. The van der Waals surface area contributed by atoms with Gasteiger partial charge in [0.25, 0.3) is 0 Å². The van der Waals surface area contributed by atoms with E-state index in [1.807, 2.05) is 13.8 Å². The molecule has 0 saturated carbocycles. The average molecular weight is 260 g/mol. The molecule has 0 spiro atoms. The van der Waals surface area contributed by atoms with Crippen LogP contribution in [-0.2, 0) is 4.79 Å². The summed E-state index contributed by atoms with van der Waals surface area (Å²) in [5, 5.41) is 5.02. The molecule has 0 fully saturated rings. The van der Waals surface area contributed by atoms with Crippen LogP contribution in [0.2, 0.25) is 0 Å². The molecular weight excluding hydrogens is 245 g/mol. The highest BCUT2D eigenvalue weighted by atomic mass is 19.2. The summed E-state index contributed by atoms with van der Waals surface area (Å²) in [6, 6.07) is 1.84. The van der Waals surface area contributed by atoms with Crippen molar-refractivity contribution < 1.29 is 18.0 Å². The molecule has 0 aliphatic rings. The summed E-state index contributed by atoms with van der Waals surface area (Å²) >= 11 is 0. The molecule has 0 bridgehead atoms. The maximum atomic E-state index is 13.2. The highest BCUT2D eigenvalue weighted by Gasteiger charge is 2.13. The molecule has 2 N–H and O–H groups in total. The van der Waals surface area contributed by atoms with Crippen LogP contribution in [0.1, 0.15) is 13.8 Å². The molecule has 100 valence electrons. The molecule has 0 heterocycles. The van der Waals surface area contributed by atoms with Gasteiger partial charge in [0.15, 0.2) is 17.5 Å². The number of carbonyl (C=O) groups excluding carboxylic acids is 1. The number of hydrogen-bond acceptors (Lipinski definition) is 2. The Kier molecular flexibility index (Phi) is 5.00. The Bertz CT molecular complexity index is 436. The number of rotatable bonds is 5.